The molecule has 0 aromatic carbocycles. The van der Waals surface area contributed by atoms with Gasteiger partial charge >= 0.3 is 6.18 Å². The number of hydrogen-bond acceptors (Lipinski definition) is 3. The third kappa shape index (κ3) is 2.74. The van der Waals surface area contributed by atoms with E-state index in [1.165, 1.54) is 13.8 Å². The summed E-state index contributed by atoms with van der Waals surface area (Å²) >= 11 is 0. The Morgan fingerprint density at radius 3 is 2.56 bits per heavy atom. The summed E-state index contributed by atoms with van der Waals surface area (Å²) in [7, 11) is 0. The first-order chi connectivity index (χ1) is 7.21. The van der Waals surface area contributed by atoms with Gasteiger partial charge in [-0.25, -0.2) is 0 Å². The van der Waals surface area contributed by atoms with Gasteiger partial charge in [-0.05, 0) is 13.0 Å². The molecule has 0 saturated carbocycles. The number of aliphatic carboxylic acids is 1. The SMILES string of the molecule is Cc1cc(C(F)(F)F)nn1C[C@@H](C)C(=O)[O-]. The van der Waals surface area contributed by atoms with E-state index in [1.54, 1.807) is 0 Å². The van der Waals surface area contributed by atoms with Crippen LogP contribution in [0.1, 0.15) is 18.3 Å². The van der Waals surface area contributed by atoms with E-state index in [2.05, 4.69) is 5.10 Å². The van der Waals surface area contributed by atoms with E-state index >= 15 is 0 Å². The van der Waals surface area contributed by atoms with Crippen molar-refractivity contribution in [3.05, 3.63) is 17.5 Å². The number of rotatable bonds is 3. The fourth-order valence-corrected chi connectivity index (χ4v) is 1.17. The molecule has 90 valence electrons. The lowest BCUT2D eigenvalue weighted by molar-refractivity contribution is -0.311. The monoisotopic (exact) mass is 235 g/mol. The fraction of sp³-hybridized carbons (Fsp3) is 0.556. The van der Waals surface area contributed by atoms with E-state index in [-0.39, 0.29) is 12.2 Å². The molecule has 1 rings (SSSR count). The first kappa shape index (κ1) is 12.5. The normalized spacial score (nSPS) is 13.8. The summed E-state index contributed by atoms with van der Waals surface area (Å²) in [5, 5.41) is 13.7. The summed E-state index contributed by atoms with van der Waals surface area (Å²) in [6, 6.07) is 0.877. The van der Waals surface area contributed by atoms with Crippen LogP contribution in [0.15, 0.2) is 6.07 Å². The third-order valence-electron chi connectivity index (χ3n) is 2.12. The minimum atomic E-state index is -4.51. The van der Waals surface area contributed by atoms with Gasteiger partial charge in [-0.15, -0.1) is 0 Å². The Kier molecular flexibility index (Phi) is 3.25. The highest BCUT2D eigenvalue weighted by Crippen LogP contribution is 2.28. The number of carboxylic acids is 1. The highest BCUT2D eigenvalue weighted by molar-refractivity contribution is 5.66. The highest BCUT2D eigenvalue weighted by Gasteiger charge is 2.34. The Bertz CT molecular complexity index is 398. The van der Waals surface area contributed by atoms with Gasteiger partial charge in [-0.1, -0.05) is 6.92 Å². The van der Waals surface area contributed by atoms with Crippen LogP contribution in [0.3, 0.4) is 0 Å². The molecule has 16 heavy (non-hydrogen) atoms. The maximum Gasteiger partial charge on any atom is 0.435 e. The molecular weight excluding hydrogens is 225 g/mol. The van der Waals surface area contributed by atoms with Crippen molar-refractivity contribution in [1.82, 2.24) is 9.78 Å². The molecule has 0 aliphatic carbocycles. The van der Waals surface area contributed by atoms with Crippen molar-refractivity contribution < 1.29 is 23.1 Å². The first-order valence-corrected chi connectivity index (χ1v) is 4.54. The molecule has 0 amide bonds. The summed E-state index contributed by atoms with van der Waals surface area (Å²) in [6.45, 7) is 2.65. The lowest BCUT2D eigenvalue weighted by Gasteiger charge is -2.13. The Morgan fingerprint density at radius 2 is 2.19 bits per heavy atom. The molecule has 0 aliphatic rings. The van der Waals surface area contributed by atoms with E-state index in [4.69, 9.17) is 0 Å². The van der Waals surface area contributed by atoms with E-state index in [0.29, 0.717) is 0 Å². The molecular formula is C9H10F3N2O2-. The van der Waals surface area contributed by atoms with Crippen LogP contribution in [-0.4, -0.2) is 15.7 Å². The number of carbonyl (C=O) groups excluding carboxylic acids is 1. The summed E-state index contributed by atoms with van der Waals surface area (Å²) in [4.78, 5) is 10.4. The molecule has 4 nitrogen and oxygen atoms in total. The zero-order valence-electron chi connectivity index (χ0n) is 8.71. The quantitative estimate of drug-likeness (QED) is 0.770. The average molecular weight is 235 g/mol. The zero-order chi connectivity index (χ0) is 12.5. The van der Waals surface area contributed by atoms with Gasteiger partial charge in [0.05, 0.1) is 0 Å². The van der Waals surface area contributed by atoms with Crippen LogP contribution in [0.5, 0.6) is 0 Å². The smallest absolute Gasteiger partial charge is 0.435 e. The largest absolute Gasteiger partial charge is 0.550 e. The number of hydrogen-bond donors (Lipinski definition) is 0. The van der Waals surface area contributed by atoms with Crippen LogP contribution in [-0.2, 0) is 17.5 Å². The van der Waals surface area contributed by atoms with Crippen molar-refractivity contribution in [3.63, 3.8) is 0 Å². The minimum absolute atomic E-state index is 0.135. The number of carbonyl (C=O) groups is 1. The van der Waals surface area contributed by atoms with Crippen LogP contribution < -0.4 is 5.11 Å². The molecule has 0 radical (unpaired) electrons. The van der Waals surface area contributed by atoms with Gasteiger partial charge < -0.3 is 9.90 Å². The molecule has 1 heterocycles. The second kappa shape index (κ2) is 4.15. The zero-order valence-corrected chi connectivity index (χ0v) is 8.71. The van der Waals surface area contributed by atoms with Crippen molar-refractivity contribution in [2.24, 2.45) is 5.92 Å². The number of carboxylic acid groups (broad SMARTS) is 1. The van der Waals surface area contributed by atoms with Gasteiger partial charge in [0.15, 0.2) is 5.69 Å². The number of aromatic nitrogens is 2. The van der Waals surface area contributed by atoms with E-state index in [9.17, 15) is 23.1 Å². The predicted molar refractivity (Wildman–Crippen MR) is 46.1 cm³/mol. The van der Waals surface area contributed by atoms with Gasteiger partial charge in [0.2, 0.25) is 0 Å². The molecule has 0 N–H and O–H groups in total. The van der Waals surface area contributed by atoms with E-state index in [1.807, 2.05) is 0 Å². The molecule has 1 aromatic rings. The Balaban J connectivity index is 2.91. The van der Waals surface area contributed by atoms with Crippen LogP contribution in [0.2, 0.25) is 0 Å². The van der Waals surface area contributed by atoms with Gasteiger partial charge in [0.1, 0.15) is 0 Å². The Labute approximate surface area is 89.7 Å². The fourth-order valence-electron chi connectivity index (χ4n) is 1.17. The van der Waals surface area contributed by atoms with Crippen molar-refractivity contribution >= 4 is 5.97 Å². The van der Waals surface area contributed by atoms with Crippen LogP contribution in [0.25, 0.3) is 0 Å². The van der Waals surface area contributed by atoms with Crippen LogP contribution in [0, 0.1) is 12.8 Å². The third-order valence-corrected chi connectivity index (χ3v) is 2.12. The maximum absolute atomic E-state index is 12.3. The average Bonchev–Trinajstić information content (AvgIpc) is 2.47. The molecule has 1 atom stereocenters. The standard InChI is InChI=1S/C9H11F3N2O2/c1-5(8(15)16)4-14-6(2)3-7(13-14)9(10,11)12/h3,5H,4H2,1-2H3,(H,15,16)/p-1/t5-/m1/s1. The number of alkyl halides is 3. The molecule has 0 aliphatic heterocycles. The second-order valence-electron chi connectivity index (χ2n) is 3.57. The molecule has 0 fully saturated rings. The van der Waals surface area contributed by atoms with Crippen molar-refractivity contribution in [1.29, 1.82) is 0 Å². The summed E-state index contributed by atoms with van der Waals surface area (Å²) in [6.07, 6.45) is -4.51. The maximum atomic E-state index is 12.3. The molecule has 0 spiro atoms. The summed E-state index contributed by atoms with van der Waals surface area (Å²) in [5.41, 5.74) is -0.754. The van der Waals surface area contributed by atoms with Crippen LogP contribution in [0.4, 0.5) is 13.2 Å². The van der Waals surface area contributed by atoms with Crippen LogP contribution >= 0.6 is 0 Å². The van der Waals surface area contributed by atoms with Crippen molar-refractivity contribution in [2.45, 2.75) is 26.6 Å². The van der Waals surface area contributed by atoms with E-state index < -0.39 is 23.8 Å². The summed E-state index contributed by atoms with van der Waals surface area (Å²) in [5.74, 6) is -2.21. The first-order valence-electron chi connectivity index (χ1n) is 4.54. The number of halogens is 3. The van der Waals surface area contributed by atoms with Gasteiger partial charge in [-0.2, -0.15) is 18.3 Å². The lowest BCUT2D eigenvalue weighted by Crippen LogP contribution is -2.32. The highest BCUT2D eigenvalue weighted by atomic mass is 19.4. The second-order valence-corrected chi connectivity index (χ2v) is 3.57. The minimum Gasteiger partial charge on any atom is -0.550 e. The number of nitrogens with zero attached hydrogens (tertiary/aromatic N) is 2. The molecule has 7 heteroatoms. The molecule has 1 aromatic heterocycles. The van der Waals surface area contributed by atoms with Gasteiger partial charge in [-0.3, -0.25) is 4.68 Å². The van der Waals surface area contributed by atoms with Gasteiger partial charge in [0, 0.05) is 24.1 Å². The Hall–Kier alpha value is -1.53. The lowest BCUT2D eigenvalue weighted by atomic mass is 10.2. The van der Waals surface area contributed by atoms with Crippen molar-refractivity contribution in [2.75, 3.05) is 0 Å². The van der Waals surface area contributed by atoms with E-state index in [0.717, 1.165) is 10.7 Å². The summed E-state index contributed by atoms with van der Waals surface area (Å²) < 4.78 is 37.8. The molecule has 0 unspecified atom stereocenters. The molecule has 0 bridgehead atoms. The van der Waals surface area contributed by atoms with Gasteiger partial charge in [0.25, 0.3) is 0 Å². The number of aryl methyl sites for hydroxylation is 1. The van der Waals surface area contributed by atoms with Crippen molar-refractivity contribution in [3.8, 4) is 0 Å². The predicted octanol–water partition coefficient (Wildman–Crippen LogP) is 0.596. The molecule has 0 saturated heterocycles. The topological polar surface area (TPSA) is 58.0 Å². The Morgan fingerprint density at radius 1 is 1.62 bits per heavy atom.